The molecule has 118 valence electrons. The topological polar surface area (TPSA) is 92.5 Å². The van der Waals surface area contributed by atoms with E-state index in [9.17, 15) is 14.4 Å². The van der Waals surface area contributed by atoms with Crippen molar-refractivity contribution in [3.05, 3.63) is 42.0 Å². The number of anilines is 1. The SMILES string of the molecule is C=CCCC(C(=O)NC)N(C)C(=O)c1cc(N)ccc1C=O. The highest BCUT2D eigenvalue weighted by Crippen LogP contribution is 2.17. The van der Waals surface area contributed by atoms with Gasteiger partial charge in [-0.3, -0.25) is 14.4 Å². The van der Waals surface area contributed by atoms with E-state index in [1.165, 1.54) is 31.1 Å². The number of amides is 2. The maximum absolute atomic E-state index is 12.6. The quantitative estimate of drug-likeness (QED) is 0.450. The van der Waals surface area contributed by atoms with Gasteiger partial charge in [0.25, 0.3) is 5.91 Å². The molecule has 1 aromatic carbocycles. The largest absolute Gasteiger partial charge is 0.399 e. The third-order valence-corrected chi connectivity index (χ3v) is 3.42. The molecule has 1 atom stereocenters. The minimum Gasteiger partial charge on any atom is -0.399 e. The van der Waals surface area contributed by atoms with Crippen molar-refractivity contribution in [2.24, 2.45) is 0 Å². The van der Waals surface area contributed by atoms with E-state index in [-0.39, 0.29) is 17.0 Å². The van der Waals surface area contributed by atoms with Gasteiger partial charge >= 0.3 is 0 Å². The van der Waals surface area contributed by atoms with Crippen LogP contribution < -0.4 is 11.1 Å². The van der Waals surface area contributed by atoms with E-state index in [4.69, 9.17) is 5.73 Å². The number of nitrogens with zero attached hydrogens (tertiary/aromatic N) is 1. The average Bonchev–Trinajstić information content (AvgIpc) is 2.53. The van der Waals surface area contributed by atoms with Crippen LogP contribution in [0.25, 0.3) is 0 Å². The van der Waals surface area contributed by atoms with Gasteiger partial charge < -0.3 is 16.0 Å². The number of nitrogen functional groups attached to an aromatic ring is 1. The van der Waals surface area contributed by atoms with E-state index < -0.39 is 11.9 Å². The second-order valence-electron chi connectivity index (χ2n) is 4.88. The fraction of sp³-hybridized carbons (Fsp3) is 0.312. The van der Waals surface area contributed by atoms with Crippen LogP contribution in [0.15, 0.2) is 30.9 Å². The highest BCUT2D eigenvalue weighted by molar-refractivity contribution is 6.03. The van der Waals surface area contributed by atoms with E-state index >= 15 is 0 Å². The number of likely N-dealkylation sites (N-methyl/N-ethyl adjacent to an activating group) is 2. The fourth-order valence-electron chi connectivity index (χ4n) is 2.14. The van der Waals surface area contributed by atoms with Gasteiger partial charge in [-0.1, -0.05) is 6.08 Å². The van der Waals surface area contributed by atoms with Crippen molar-refractivity contribution in [2.75, 3.05) is 19.8 Å². The molecular weight excluding hydrogens is 282 g/mol. The molecule has 1 rings (SSSR count). The number of hydrogen-bond acceptors (Lipinski definition) is 4. The Kier molecular flexibility index (Phi) is 6.31. The summed E-state index contributed by atoms with van der Waals surface area (Å²) in [4.78, 5) is 37.0. The molecule has 6 nitrogen and oxygen atoms in total. The van der Waals surface area contributed by atoms with Crippen molar-refractivity contribution < 1.29 is 14.4 Å². The highest BCUT2D eigenvalue weighted by atomic mass is 16.2. The number of rotatable bonds is 7. The molecule has 0 aliphatic rings. The molecule has 0 aliphatic heterocycles. The van der Waals surface area contributed by atoms with Gasteiger partial charge in [0.15, 0.2) is 6.29 Å². The minimum atomic E-state index is -0.642. The monoisotopic (exact) mass is 303 g/mol. The van der Waals surface area contributed by atoms with Crippen LogP contribution >= 0.6 is 0 Å². The minimum absolute atomic E-state index is 0.185. The molecule has 3 N–H and O–H groups in total. The summed E-state index contributed by atoms with van der Waals surface area (Å²) in [5.41, 5.74) is 6.49. The lowest BCUT2D eigenvalue weighted by molar-refractivity contribution is -0.125. The number of hydrogen-bond donors (Lipinski definition) is 2. The first-order valence-corrected chi connectivity index (χ1v) is 6.90. The van der Waals surface area contributed by atoms with Gasteiger partial charge in [-0.2, -0.15) is 0 Å². The van der Waals surface area contributed by atoms with E-state index in [0.29, 0.717) is 24.8 Å². The van der Waals surface area contributed by atoms with Crippen molar-refractivity contribution in [2.45, 2.75) is 18.9 Å². The van der Waals surface area contributed by atoms with E-state index in [0.717, 1.165) is 0 Å². The zero-order chi connectivity index (χ0) is 16.7. The Balaban J connectivity index is 3.12. The molecule has 0 saturated heterocycles. The normalized spacial score (nSPS) is 11.4. The number of carbonyl (C=O) groups is 3. The lowest BCUT2D eigenvalue weighted by atomic mass is 10.0. The van der Waals surface area contributed by atoms with Gasteiger partial charge in [-0.15, -0.1) is 6.58 Å². The molecule has 0 spiro atoms. The molecule has 1 unspecified atom stereocenters. The molecule has 2 amide bonds. The summed E-state index contributed by atoms with van der Waals surface area (Å²) in [6, 6.07) is 3.84. The van der Waals surface area contributed by atoms with Crippen LogP contribution in [0.4, 0.5) is 5.69 Å². The number of carbonyl (C=O) groups excluding carboxylic acids is 3. The smallest absolute Gasteiger partial charge is 0.255 e. The van der Waals surface area contributed by atoms with Crippen molar-refractivity contribution in [1.82, 2.24) is 10.2 Å². The standard InChI is InChI=1S/C16H21N3O3/c1-4-5-6-14(15(21)18-2)19(3)16(22)13-9-12(17)8-7-11(13)10-20/h4,7-10,14H,1,5-6,17H2,2-3H3,(H,18,21). The van der Waals surface area contributed by atoms with Crippen LogP contribution in [-0.4, -0.2) is 43.1 Å². The Bertz CT molecular complexity index is 584. The molecule has 0 aliphatic carbocycles. The van der Waals surface area contributed by atoms with Crippen LogP contribution in [0.3, 0.4) is 0 Å². The first-order valence-electron chi connectivity index (χ1n) is 6.90. The Morgan fingerprint density at radius 3 is 2.68 bits per heavy atom. The number of benzene rings is 1. The molecule has 0 bridgehead atoms. The number of aldehydes is 1. The van der Waals surface area contributed by atoms with Gasteiger partial charge in [0.05, 0.1) is 5.56 Å². The summed E-state index contributed by atoms with van der Waals surface area (Å²) in [5.74, 6) is -0.693. The molecule has 0 radical (unpaired) electrons. The van der Waals surface area contributed by atoms with Crippen molar-refractivity contribution in [3.8, 4) is 0 Å². The van der Waals surface area contributed by atoms with E-state index in [1.54, 1.807) is 12.1 Å². The number of nitrogens with one attached hydrogen (secondary N) is 1. The summed E-state index contributed by atoms with van der Waals surface area (Å²) in [6.45, 7) is 3.62. The third kappa shape index (κ3) is 3.94. The van der Waals surface area contributed by atoms with Gasteiger partial charge in [0.2, 0.25) is 5.91 Å². The van der Waals surface area contributed by atoms with Gasteiger partial charge in [-0.25, -0.2) is 0 Å². The summed E-state index contributed by atoms with van der Waals surface area (Å²) in [7, 11) is 3.04. The van der Waals surface area contributed by atoms with Crippen LogP contribution in [0.1, 0.15) is 33.6 Å². The Hall–Kier alpha value is -2.63. The molecular formula is C16H21N3O3. The second kappa shape index (κ2) is 7.97. The zero-order valence-corrected chi connectivity index (χ0v) is 12.8. The van der Waals surface area contributed by atoms with Crippen LogP contribution in [0, 0.1) is 0 Å². The predicted octanol–water partition coefficient (Wildman–Crippen LogP) is 1.23. The Morgan fingerprint density at radius 1 is 1.45 bits per heavy atom. The summed E-state index contributed by atoms with van der Waals surface area (Å²) >= 11 is 0. The first-order chi connectivity index (χ1) is 10.5. The van der Waals surface area contributed by atoms with Crippen LogP contribution in [-0.2, 0) is 4.79 Å². The van der Waals surface area contributed by atoms with Crippen LogP contribution in [0.5, 0.6) is 0 Å². The molecule has 0 saturated carbocycles. The lowest BCUT2D eigenvalue weighted by Crippen LogP contribution is -2.47. The number of nitrogens with two attached hydrogens (primary N) is 1. The summed E-state index contributed by atoms with van der Waals surface area (Å²) in [6.07, 6.45) is 3.32. The van der Waals surface area contributed by atoms with Gasteiger partial charge in [-0.05, 0) is 31.0 Å². The third-order valence-electron chi connectivity index (χ3n) is 3.42. The zero-order valence-electron chi connectivity index (χ0n) is 12.8. The molecule has 22 heavy (non-hydrogen) atoms. The predicted molar refractivity (Wildman–Crippen MR) is 85.6 cm³/mol. The maximum atomic E-state index is 12.6. The maximum Gasteiger partial charge on any atom is 0.255 e. The molecule has 0 fully saturated rings. The first kappa shape index (κ1) is 17.4. The molecule has 0 aromatic heterocycles. The van der Waals surface area contributed by atoms with Crippen LogP contribution in [0.2, 0.25) is 0 Å². The van der Waals surface area contributed by atoms with E-state index in [2.05, 4.69) is 11.9 Å². The molecule has 0 heterocycles. The Morgan fingerprint density at radius 2 is 2.14 bits per heavy atom. The fourth-order valence-corrected chi connectivity index (χ4v) is 2.14. The van der Waals surface area contributed by atoms with Gasteiger partial charge in [0, 0.05) is 25.3 Å². The Labute approximate surface area is 130 Å². The lowest BCUT2D eigenvalue weighted by Gasteiger charge is -2.27. The van der Waals surface area contributed by atoms with Crippen molar-refractivity contribution >= 4 is 23.8 Å². The molecule has 6 heteroatoms. The van der Waals surface area contributed by atoms with Gasteiger partial charge in [0.1, 0.15) is 6.04 Å². The number of allylic oxidation sites excluding steroid dienone is 1. The summed E-state index contributed by atoms with van der Waals surface area (Å²) < 4.78 is 0. The summed E-state index contributed by atoms with van der Waals surface area (Å²) in [5, 5.41) is 2.54. The highest BCUT2D eigenvalue weighted by Gasteiger charge is 2.27. The van der Waals surface area contributed by atoms with E-state index in [1.807, 2.05) is 0 Å². The second-order valence-corrected chi connectivity index (χ2v) is 4.88. The average molecular weight is 303 g/mol. The van der Waals surface area contributed by atoms with Crippen molar-refractivity contribution in [3.63, 3.8) is 0 Å². The van der Waals surface area contributed by atoms with Crippen molar-refractivity contribution in [1.29, 1.82) is 0 Å². The molecule has 1 aromatic rings.